The molecule has 0 aliphatic carbocycles. The van der Waals surface area contributed by atoms with Gasteiger partial charge in [-0.05, 0) is 14.0 Å². The molecule has 5 nitrogen and oxygen atoms in total. The third-order valence-electron chi connectivity index (χ3n) is 2.92. The molecule has 1 heterocycles. The van der Waals surface area contributed by atoms with Crippen molar-refractivity contribution in [3.05, 3.63) is 0 Å². The third kappa shape index (κ3) is 2.43. The van der Waals surface area contributed by atoms with Crippen LogP contribution in [0.5, 0.6) is 0 Å². The van der Waals surface area contributed by atoms with Gasteiger partial charge in [-0.3, -0.25) is 14.6 Å². The summed E-state index contributed by atoms with van der Waals surface area (Å²) < 4.78 is 0. The van der Waals surface area contributed by atoms with Gasteiger partial charge in [-0.2, -0.15) is 0 Å². The largest absolute Gasteiger partial charge is 0.480 e. The number of aliphatic carboxylic acids is 1. The Hall–Kier alpha value is -0.650. The number of piperazine rings is 1. The van der Waals surface area contributed by atoms with Crippen LogP contribution in [0.25, 0.3) is 0 Å². The first kappa shape index (κ1) is 11.4. The van der Waals surface area contributed by atoms with Gasteiger partial charge >= 0.3 is 5.97 Å². The highest BCUT2D eigenvalue weighted by Crippen LogP contribution is 2.10. The Morgan fingerprint density at radius 2 is 2.21 bits per heavy atom. The molecular formula is C9H18N2O3. The highest BCUT2D eigenvalue weighted by atomic mass is 16.4. The van der Waals surface area contributed by atoms with Gasteiger partial charge in [0.25, 0.3) is 0 Å². The van der Waals surface area contributed by atoms with Gasteiger partial charge in [-0.15, -0.1) is 0 Å². The van der Waals surface area contributed by atoms with Crippen molar-refractivity contribution in [2.45, 2.75) is 19.0 Å². The lowest BCUT2D eigenvalue weighted by Gasteiger charge is -2.40. The van der Waals surface area contributed by atoms with Gasteiger partial charge in [0.1, 0.15) is 6.04 Å². The van der Waals surface area contributed by atoms with Crippen molar-refractivity contribution in [3.63, 3.8) is 0 Å². The van der Waals surface area contributed by atoms with Crippen LogP contribution >= 0.6 is 0 Å². The minimum Gasteiger partial charge on any atom is -0.480 e. The van der Waals surface area contributed by atoms with Crippen LogP contribution in [-0.2, 0) is 4.79 Å². The second-order valence-electron chi connectivity index (χ2n) is 3.83. The molecule has 1 rings (SSSR count). The standard InChI is InChI=1S/C9H18N2O3/c1-7(9(13)14)11-4-3-10(2)8(5-11)6-12/h7-8,12H,3-6H2,1-2H3,(H,13,14). The summed E-state index contributed by atoms with van der Waals surface area (Å²) in [5, 5.41) is 17.9. The first-order chi connectivity index (χ1) is 6.56. The highest BCUT2D eigenvalue weighted by Gasteiger charge is 2.29. The molecular weight excluding hydrogens is 184 g/mol. The van der Waals surface area contributed by atoms with E-state index >= 15 is 0 Å². The first-order valence-corrected chi connectivity index (χ1v) is 4.84. The number of carbonyl (C=O) groups is 1. The lowest BCUT2D eigenvalue weighted by atomic mass is 10.1. The molecule has 5 heteroatoms. The highest BCUT2D eigenvalue weighted by molar-refractivity contribution is 5.72. The van der Waals surface area contributed by atoms with Crippen molar-refractivity contribution in [2.75, 3.05) is 33.3 Å². The summed E-state index contributed by atoms with van der Waals surface area (Å²) in [6, 6.07) is -0.400. The van der Waals surface area contributed by atoms with Crippen LogP contribution in [0.1, 0.15) is 6.92 Å². The SMILES string of the molecule is CC(C(=O)O)N1CCN(C)C(CO)C1. The van der Waals surface area contributed by atoms with Crippen LogP contribution in [0.15, 0.2) is 0 Å². The molecule has 1 saturated heterocycles. The molecule has 0 aromatic heterocycles. The molecule has 0 radical (unpaired) electrons. The quantitative estimate of drug-likeness (QED) is 0.619. The fraction of sp³-hybridized carbons (Fsp3) is 0.889. The van der Waals surface area contributed by atoms with Gasteiger partial charge in [0.2, 0.25) is 0 Å². The summed E-state index contributed by atoms with van der Waals surface area (Å²) in [4.78, 5) is 14.7. The Morgan fingerprint density at radius 1 is 1.57 bits per heavy atom. The van der Waals surface area contributed by atoms with E-state index in [1.807, 2.05) is 11.9 Å². The van der Waals surface area contributed by atoms with E-state index in [9.17, 15) is 4.79 Å². The third-order valence-corrected chi connectivity index (χ3v) is 2.92. The number of aliphatic hydroxyl groups excluding tert-OH is 1. The minimum absolute atomic E-state index is 0.0607. The number of carboxylic acid groups (broad SMARTS) is 1. The maximum Gasteiger partial charge on any atom is 0.320 e. The average molecular weight is 202 g/mol. The zero-order chi connectivity index (χ0) is 10.7. The summed E-state index contributed by atoms with van der Waals surface area (Å²) in [5.74, 6) is -0.800. The first-order valence-electron chi connectivity index (χ1n) is 4.84. The van der Waals surface area contributed by atoms with E-state index < -0.39 is 12.0 Å². The fourth-order valence-corrected chi connectivity index (χ4v) is 1.68. The number of rotatable bonds is 3. The second-order valence-corrected chi connectivity index (χ2v) is 3.83. The zero-order valence-electron chi connectivity index (χ0n) is 8.68. The van der Waals surface area contributed by atoms with E-state index in [1.165, 1.54) is 0 Å². The molecule has 0 aromatic rings. The van der Waals surface area contributed by atoms with E-state index in [2.05, 4.69) is 4.90 Å². The van der Waals surface area contributed by atoms with E-state index in [1.54, 1.807) is 6.92 Å². The van der Waals surface area contributed by atoms with Crippen molar-refractivity contribution in [3.8, 4) is 0 Å². The molecule has 1 fully saturated rings. The lowest BCUT2D eigenvalue weighted by Crippen LogP contribution is -2.56. The van der Waals surface area contributed by atoms with Gasteiger partial charge < -0.3 is 10.2 Å². The molecule has 1 aliphatic heterocycles. The van der Waals surface area contributed by atoms with Crippen molar-refractivity contribution in [1.29, 1.82) is 0 Å². The average Bonchev–Trinajstić information content (AvgIpc) is 2.17. The van der Waals surface area contributed by atoms with Crippen LogP contribution in [0.4, 0.5) is 0 Å². The minimum atomic E-state index is -0.800. The molecule has 2 unspecified atom stereocenters. The number of nitrogens with zero attached hydrogens (tertiary/aromatic N) is 2. The summed E-state index contributed by atoms with van der Waals surface area (Å²) in [7, 11) is 1.95. The van der Waals surface area contributed by atoms with Crippen LogP contribution < -0.4 is 0 Å². The predicted molar refractivity (Wildman–Crippen MR) is 52.2 cm³/mol. The number of likely N-dealkylation sites (N-methyl/N-ethyl adjacent to an activating group) is 1. The zero-order valence-corrected chi connectivity index (χ0v) is 8.68. The lowest BCUT2D eigenvalue weighted by molar-refractivity contribution is -0.143. The molecule has 0 aromatic carbocycles. The topological polar surface area (TPSA) is 64.0 Å². The summed E-state index contributed by atoms with van der Waals surface area (Å²) in [6.07, 6.45) is 0. The van der Waals surface area contributed by atoms with Gasteiger partial charge in [0.15, 0.2) is 0 Å². The normalized spacial score (nSPS) is 27.5. The van der Waals surface area contributed by atoms with Crippen LogP contribution in [0.3, 0.4) is 0 Å². The van der Waals surface area contributed by atoms with Gasteiger partial charge in [-0.1, -0.05) is 0 Å². The molecule has 1 aliphatic rings. The van der Waals surface area contributed by atoms with Crippen LogP contribution in [0, 0.1) is 0 Å². The van der Waals surface area contributed by atoms with E-state index in [4.69, 9.17) is 10.2 Å². The monoisotopic (exact) mass is 202 g/mol. The number of hydrogen-bond acceptors (Lipinski definition) is 4. The summed E-state index contributed by atoms with van der Waals surface area (Å²) >= 11 is 0. The predicted octanol–water partition coefficient (Wildman–Crippen LogP) is -0.932. The summed E-state index contributed by atoms with van der Waals surface area (Å²) in [6.45, 7) is 3.95. The van der Waals surface area contributed by atoms with E-state index in [0.29, 0.717) is 6.54 Å². The molecule has 2 N–H and O–H groups in total. The van der Waals surface area contributed by atoms with Gasteiger partial charge in [0.05, 0.1) is 6.61 Å². The maximum absolute atomic E-state index is 10.8. The van der Waals surface area contributed by atoms with Crippen molar-refractivity contribution >= 4 is 5.97 Å². The summed E-state index contributed by atoms with van der Waals surface area (Å²) in [5.41, 5.74) is 0. The van der Waals surface area contributed by atoms with E-state index in [-0.39, 0.29) is 12.6 Å². The Kier molecular flexibility index (Phi) is 3.86. The van der Waals surface area contributed by atoms with Crippen LogP contribution in [-0.4, -0.2) is 71.4 Å². The van der Waals surface area contributed by atoms with Crippen molar-refractivity contribution in [2.24, 2.45) is 0 Å². The fourth-order valence-electron chi connectivity index (χ4n) is 1.68. The Balaban J connectivity index is 2.54. The Bertz CT molecular complexity index is 210. The van der Waals surface area contributed by atoms with E-state index in [0.717, 1.165) is 13.1 Å². The van der Waals surface area contributed by atoms with Gasteiger partial charge in [-0.25, -0.2) is 0 Å². The molecule has 0 spiro atoms. The van der Waals surface area contributed by atoms with Crippen LogP contribution in [0.2, 0.25) is 0 Å². The Labute approximate surface area is 83.9 Å². The molecule has 2 atom stereocenters. The molecule has 0 bridgehead atoms. The molecule has 0 saturated carbocycles. The smallest absolute Gasteiger partial charge is 0.320 e. The number of carboxylic acids is 1. The molecule has 0 amide bonds. The van der Waals surface area contributed by atoms with Crippen molar-refractivity contribution < 1.29 is 15.0 Å². The maximum atomic E-state index is 10.8. The second kappa shape index (κ2) is 4.72. The van der Waals surface area contributed by atoms with Crippen molar-refractivity contribution in [1.82, 2.24) is 9.80 Å². The van der Waals surface area contributed by atoms with Gasteiger partial charge in [0, 0.05) is 25.7 Å². The number of hydrogen-bond donors (Lipinski definition) is 2. The molecule has 14 heavy (non-hydrogen) atoms. The molecule has 82 valence electrons. The Morgan fingerprint density at radius 3 is 2.71 bits per heavy atom. The number of aliphatic hydroxyl groups is 1.